The van der Waals surface area contributed by atoms with Crippen molar-refractivity contribution in [2.75, 3.05) is 32.7 Å². The molecule has 1 aromatic heterocycles. The Balaban J connectivity index is 1.44. The Morgan fingerprint density at radius 3 is 2.32 bits per heavy atom. The van der Waals surface area contributed by atoms with Gasteiger partial charge in [-0.2, -0.15) is 0 Å². The summed E-state index contributed by atoms with van der Waals surface area (Å²) in [5.41, 5.74) is 0.946. The van der Waals surface area contributed by atoms with E-state index in [2.05, 4.69) is 16.4 Å². The zero-order chi connectivity index (χ0) is 17.6. The van der Waals surface area contributed by atoms with E-state index in [1.807, 2.05) is 59.8 Å². The summed E-state index contributed by atoms with van der Waals surface area (Å²) in [7, 11) is 0. The minimum Gasteiger partial charge on any atom is -0.387 e. The van der Waals surface area contributed by atoms with Crippen molar-refractivity contribution in [2.24, 2.45) is 0 Å². The average molecular weight is 341 g/mol. The maximum atomic E-state index is 12.5. The lowest BCUT2D eigenvalue weighted by Crippen LogP contribution is -2.49. The van der Waals surface area contributed by atoms with Crippen LogP contribution in [0.5, 0.6) is 0 Å². The molecule has 2 aromatic rings. The van der Waals surface area contributed by atoms with Crippen molar-refractivity contribution in [3.63, 3.8) is 0 Å². The third-order valence-corrected chi connectivity index (χ3v) is 4.95. The highest BCUT2D eigenvalue weighted by Crippen LogP contribution is 2.17. The number of carbonyl (C=O) groups excluding carboxylic acids is 1. The second-order valence-electron chi connectivity index (χ2n) is 6.79. The lowest BCUT2D eigenvalue weighted by Gasteiger charge is -2.36. The highest BCUT2D eigenvalue weighted by Gasteiger charge is 2.24. The number of benzene rings is 1. The summed E-state index contributed by atoms with van der Waals surface area (Å²) < 4.78 is 2.07. The van der Waals surface area contributed by atoms with Crippen molar-refractivity contribution in [1.29, 1.82) is 0 Å². The molecule has 2 atom stereocenters. The molecule has 0 radical (unpaired) electrons. The molecule has 1 aliphatic heterocycles. The van der Waals surface area contributed by atoms with Gasteiger partial charge in [-0.15, -0.1) is 0 Å². The van der Waals surface area contributed by atoms with E-state index >= 15 is 0 Å². The van der Waals surface area contributed by atoms with Gasteiger partial charge in [-0.25, -0.2) is 0 Å². The van der Waals surface area contributed by atoms with Gasteiger partial charge in [0, 0.05) is 57.6 Å². The molecule has 134 valence electrons. The summed E-state index contributed by atoms with van der Waals surface area (Å²) in [5.74, 6) is 0.212. The number of aliphatic hydroxyl groups is 1. The molecule has 1 aromatic carbocycles. The van der Waals surface area contributed by atoms with Gasteiger partial charge < -0.3 is 14.6 Å². The normalized spacial score (nSPS) is 18.1. The van der Waals surface area contributed by atoms with Crippen molar-refractivity contribution in [1.82, 2.24) is 14.4 Å². The number of carbonyl (C=O) groups is 1. The molecule has 2 heterocycles. The zero-order valence-corrected chi connectivity index (χ0v) is 14.8. The van der Waals surface area contributed by atoms with Crippen molar-refractivity contribution in [2.45, 2.75) is 25.5 Å². The molecule has 5 nitrogen and oxygen atoms in total. The number of β-amino-alcohol motifs (C(OH)–C–C–N with tert-alkyl or cyclic N) is 1. The van der Waals surface area contributed by atoms with Crippen molar-refractivity contribution >= 4 is 5.91 Å². The third-order valence-electron chi connectivity index (χ3n) is 4.95. The molecule has 0 aliphatic carbocycles. The van der Waals surface area contributed by atoms with E-state index in [4.69, 9.17) is 0 Å². The van der Waals surface area contributed by atoms with Crippen LogP contribution < -0.4 is 0 Å². The van der Waals surface area contributed by atoms with E-state index in [9.17, 15) is 9.90 Å². The van der Waals surface area contributed by atoms with Crippen LogP contribution in [0.4, 0.5) is 0 Å². The van der Waals surface area contributed by atoms with Crippen LogP contribution in [-0.4, -0.2) is 58.1 Å². The first-order valence-electron chi connectivity index (χ1n) is 8.99. The maximum Gasteiger partial charge on any atom is 0.224 e. The summed E-state index contributed by atoms with van der Waals surface area (Å²) in [5, 5.41) is 10.3. The average Bonchev–Trinajstić information content (AvgIpc) is 3.18. The molecule has 0 saturated carbocycles. The smallest absolute Gasteiger partial charge is 0.224 e. The van der Waals surface area contributed by atoms with Crippen LogP contribution in [0, 0.1) is 0 Å². The van der Waals surface area contributed by atoms with E-state index < -0.39 is 6.10 Å². The van der Waals surface area contributed by atoms with Gasteiger partial charge in [0.2, 0.25) is 5.91 Å². The first-order valence-corrected chi connectivity index (χ1v) is 8.99. The molecular weight excluding hydrogens is 314 g/mol. The number of aliphatic hydroxyl groups excluding tert-OH is 1. The van der Waals surface area contributed by atoms with Crippen molar-refractivity contribution < 1.29 is 9.90 Å². The number of hydrogen-bond acceptors (Lipinski definition) is 3. The second kappa shape index (κ2) is 8.32. The van der Waals surface area contributed by atoms with Gasteiger partial charge in [-0.1, -0.05) is 30.3 Å². The molecule has 1 N–H and O–H groups in total. The Kier molecular flexibility index (Phi) is 5.89. The molecule has 3 rings (SSSR count). The summed E-state index contributed by atoms with van der Waals surface area (Å²) >= 11 is 0. The number of nitrogens with zero attached hydrogens (tertiary/aromatic N) is 3. The molecule has 0 bridgehead atoms. The number of amides is 1. The Labute approximate surface area is 149 Å². The Bertz CT molecular complexity index is 649. The monoisotopic (exact) mass is 341 g/mol. The largest absolute Gasteiger partial charge is 0.387 e. The Morgan fingerprint density at radius 1 is 1.04 bits per heavy atom. The first-order chi connectivity index (χ1) is 12.1. The second-order valence-corrected chi connectivity index (χ2v) is 6.79. The number of piperazine rings is 1. The summed E-state index contributed by atoms with van der Waals surface area (Å²) in [4.78, 5) is 16.7. The van der Waals surface area contributed by atoms with Gasteiger partial charge in [0.05, 0.1) is 6.10 Å². The molecule has 0 unspecified atom stereocenters. The summed E-state index contributed by atoms with van der Waals surface area (Å²) in [6, 6.07) is 13.9. The van der Waals surface area contributed by atoms with E-state index in [0.717, 1.165) is 31.7 Å². The van der Waals surface area contributed by atoms with Gasteiger partial charge in [0.1, 0.15) is 0 Å². The molecule has 1 fully saturated rings. The fourth-order valence-corrected chi connectivity index (χ4v) is 3.33. The zero-order valence-electron chi connectivity index (χ0n) is 14.8. The van der Waals surface area contributed by atoms with E-state index in [-0.39, 0.29) is 11.9 Å². The fraction of sp³-hybridized carbons (Fsp3) is 0.450. The first kappa shape index (κ1) is 17.7. The molecule has 1 aliphatic rings. The highest BCUT2D eigenvalue weighted by molar-refractivity contribution is 5.76. The van der Waals surface area contributed by atoms with Crippen molar-refractivity contribution in [3.05, 3.63) is 60.4 Å². The van der Waals surface area contributed by atoms with Gasteiger partial charge >= 0.3 is 0 Å². The fourth-order valence-electron chi connectivity index (χ4n) is 3.33. The molecule has 1 amide bonds. The van der Waals surface area contributed by atoms with E-state index in [1.165, 1.54) is 0 Å². The molecule has 5 heteroatoms. The molecular formula is C20H27N3O2. The van der Waals surface area contributed by atoms with Crippen LogP contribution in [0.3, 0.4) is 0 Å². The number of rotatable bonds is 6. The predicted octanol–water partition coefficient (Wildman–Crippen LogP) is 2.32. The van der Waals surface area contributed by atoms with Crippen LogP contribution in [0.15, 0.2) is 54.9 Å². The minimum absolute atomic E-state index is 0.181. The molecule has 1 saturated heterocycles. The number of aromatic nitrogens is 1. The van der Waals surface area contributed by atoms with Crippen LogP contribution in [-0.2, 0) is 4.79 Å². The lowest BCUT2D eigenvalue weighted by molar-refractivity contribution is -0.133. The highest BCUT2D eigenvalue weighted by atomic mass is 16.3. The maximum absolute atomic E-state index is 12.5. The SMILES string of the molecule is C[C@@H](CC(=O)N1CCN(C[C@@H](O)c2ccccc2)CC1)n1cccc1. The third kappa shape index (κ3) is 4.71. The van der Waals surface area contributed by atoms with E-state index in [0.29, 0.717) is 13.0 Å². The standard InChI is InChI=1S/C20H27N3O2/c1-17(22-9-5-6-10-22)15-20(25)23-13-11-21(12-14-23)16-19(24)18-7-3-2-4-8-18/h2-10,17,19,24H,11-16H2,1H3/t17-,19+/m0/s1. The van der Waals surface area contributed by atoms with Gasteiger partial charge in [0.15, 0.2) is 0 Å². The van der Waals surface area contributed by atoms with Gasteiger partial charge in [0.25, 0.3) is 0 Å². The summed E-state index contributed by atoms with van der Waals surface area (Å²) in [6.45, 7) is 5.79. The number of hydrogen-bond donors (Lipinski definition) is 1. The van der Waals surface area contributed by atoms with Crippen LogP contribution >= 0.6 is 0 Å². The molecule has 0 spiro atoms. The van der Waals surface area contributed by atoms with Crippen LogP contribution in [0.2, 0.25) is 0 Å². The Morgan fingerprint density at radius 2 is 1.68 bits per heavy atom. The summed E-state index contributed by atoms with van der Waals surface area (Å²) in [6.07, 6.45) is 4.06. The molecule has 25 heavy (non-hydrogen) atoms. The predicted molar refractivity (Wildman–Crippen MR) is 98.2 cm³/mol. The topological polar surface area (TPSA) is 48.7 Å². The quantitative estimate of drug-likeness (QED) is 0.877. The van der Waals surface area contributed by atoms with Gasteiger partial charge in [-0.3, -0.25) is 9.69 Å². The Hall–Kier alpha value is -2.11. The lowest BCUT2D eigenvalue weighted by atomic mass is 10.1. The van der Waals surface area contributed by atoms with Crippen LogP contribution in [0.25, 0.3) is 0 Å². The van der Waals surface area contributed by atoms with Crippen LogP contribution in [0.1, 0.15) is 31.1 Å². The van der Waals surface area contributed by atoms with Gasteiger partial charge in [-0.05, 0) is 24.6 Å². The van der Waals surface area contributed by atoms with Crippen molar-refractivity contribution in [3.8, 4) is 0 Å². The van der Waals surface area contributed by atoms with E-state index in [1.54, 1.807) is 0 Å². The minimum atomic E-state index is -0.475.